The lowest BCUT2D eigenvalue weighted by molar-refractivity contribution is -0.140. The molecule has 6 nitrogen and oxygen atoms in total. The first-order valence-corrected chi connectivity index (χ1v) is 10.7. The van der Waals surface area contributed by atoms with Gasteiger partial charge in [0.25, 0.3) is 0 Å². The van der Waals surface area contributed by atoms with Gasteiger partial charge in [0.1, 0.15) is 0 Å². The van der Waals surface area contributed by atoms with Crippen LogP contribution in [0.1, 0.15) is 24.5 Å². The lowest BCUT2D eigenvalue weighted by Gasteiger charge is -2.18. The van der Waals surface area contributed by atoms with Gasteiger partial charge in [-0.15, -0.1) is 24.0 Å². The number of carbonyl (C=O) groups excluding carboxylic acids is 2. The van der Waals surface area contributed by atoms with E-state index in [1.165, 1.54) is 16.0 Å². The van der Waals surface area contributed by atoms with Crippen LogP contribution in [-0.2, 0) is 22.4 Å². The molecule has 2 fully saturated rings. The largest absolute Gasteiger partial charge is 0.356 e. The van der Waals surface area contributed by atoms with E-state index in [2.05, 4.69) is 59.0 Å². The van der Waals surface area contributed by atoms with Crippen molar-refractivity contribution in [2.24, 2.45) is 28.7 Å². The SMILES string of the molecule is CCc1ccc(CCNC(=NC)NCCN2C(=O)C3C4C=CC(C4)C3C2=O)cc1.I. The minimum absolute atomic E-state index is 0. The molecule has 2 bridgehead atoms. The van der Waals surface area contributed by atoms with Crippen molar-refractivity contribution in [1.82, 2.24) is 15.5 Å². The van der Waals surface area contributed by atoms with Crippen LogP contribution in [0.15, 0.2) is 41.4 Å². The van der Waals surface area contributed by atoms with Gasteiger partial charge in [0.05, 0.1) is 11.8 Å². The van der Waals surface area contributed by atoms with Gasteiger partial charge in [-0.2, -0.15) is 0 Å². The van der Waals surface area contributed by atoms with Crippen LogP contribution in [0, 0.1) is 23.7 Å². The van der Waals surface area contributed by atoms with Gasteiger partial charge in [-0.3, -0.25) is 19.5 Å². The molecule has 0 spiro atoms. The highest BCUT2D eigenvalue weighted by Crippen LogP contribution is 2.52. The Labute approximate surface area is 195 Å². The van der Waals surface area contributed by atoms with Gasteiger partial charge in [0.2, 0.25) is 11.8 Å². The Kier molecular flexibility index (Phi) is 7.55. The van der Waals surface area contributed by atoms with E-state index in [-0.39, 0.29) is 59.5 Å². The predicted molar refractivity (Wildman–Crippen MR) is 129 cm³/mol. The summed E-state index contributed by atoms with van der Waals surface area (Å²) in [4.78, 5) is 31.1. The van der Waals surface area contributed by atoms with E-state index >= 15 is 0 Å². The molecule has 4 rings (SSSR count). The van der Waals surface area contributed by atoms with Crippen molar-refractivity contribution in [1.29, 1.82) is 0 Å². The molecular formula is C23H31IN4O2. The summed E-state index contributed by atoms with van der Waals surface area (Å²) in [6.45, 7) is 3.82. The smallest absolute Gasteiger partial charge is 0.233 e. The maximum atomic E-state index is 12.7. The number of aryl methyl sites for hydroxylation is 1. The molecule has 1 aliphatic heterocycles. The maximum absolute atomic E-state index is 12.7. The summed E-state index contributed by atoms with van der Waals surface area (Å²) in [6, 6.07) is 8.67. The Balaban J connectivity index is 0.00000256. The van der Waals surface area contributed by atoms with Crippen LogP contribution in [0.3, 0.4) is 0 Å². The van der Waals surface area contributed by atoms with Crippen LogP contribution in [0.2, 0.25) is 0 Å². The van der Waals surface area contributed by atoms with Gasteiger partial charge in [0.15, 0.2) is 5.96 Å². The topological polar surface area (TPSA) is 73.8 Å². The number of hydrogen-bond donors (Lipinski definition) is 2. The fraction of sp³-hybridized carbons (Fsp3) is 0.522. The molecule has 4 atom stereocenters. The lowest BCUT2D eigenvalue weighted by atomic mass is 9.85. The Bertz CT molecular complexity index is 806. The first-order valence-electron chi connectivity index (χ1n) is 10.7. The van der Waals surface area contributed by atoms with Gasteiger partial charge >= 0.3 is 0 Å². The fourth-order valence-corrected chi connectivity index (χ4v) is 4.96. The Morgan fingerprint density at radius 1 is 1.00 bits per heavy atom. The summed E-state index contributed by atoms with van der Waals surface area (Å²) in [5.41, 5.74) is 2.63. The number of benzene rings is 1. The maximum Gasteiger partial charge on any atom is 0.233 e. The third-order valence-corrected chi connectivity index (χ3v) is 6.55. The van der Waals surface area contributed by atoms with Crippen LogP contribution < -0.4 is 10.6 Å². The Morgan fingerprint density at radius 2 is 1.57 bits per heavy atom. The molecule has 1 saturated heterocycles. The normalized spacial score (nSPS) is 26.7. The monoisotopic (exact) mass is 522 g/mol. The molecule has 1 aromatic rings. The van der Waals surface area contributed by atoms with E-state index in [1.54, 1.807) is 7.05 Å². The van der Waals surface area contributed by atoms with Crippen LogP contribution in [-0.4, -0.2) is 49.4 Å². The zero-order chi connectivity index (χ0) is 20.4. The number of nitrogens with one attached hydrogen (secondary N) is 2. The van der Waals surface area contributed by atoms with Gasteiger partial charge in [-0.05, 0) is 42.2 Å². The van der Waals surface area contributed by atoms with Crippen molar-refractivity contribution in [3.8, 4) is 0 Å². The van der Waals surface area contributed by atoms with E-state index in [0.29, 0.717) is 19.0 Å². The number of imide groups is 1. The fourth-order valence-electron chi connectivity index (χ4n) is 4.96. The third-order valence-electron chi connectivity index (χ3n) is 6.55. The molecule has 0 aromatic heterocycles. The summed E-state index contributed by atoms with van der Waals surface area (Å²) in [6.07, 6.45) is 7.18. The molecule has 30 heavy (non-hydrogen) atoms. The second-order valence-corrected chi connectivity index (χ2v) is 8.17. The second-order valence-electron chi connectivity index (χ2n) is 8.17. The summed E-state index contributed by atoms with van der Waals surface area (Å²) in [5.74, 6) is 1.01. The molecule has 1 aromatic carbocycles. The quantitative estimate of drug-likeness (QED) is 0.190. The van der Waals surface area contributed by atoms with E-state index < -0.39 is 0 Å². The summed E-state index contributed by atoms with van der Waals surface area (Å²) < 4.78 is 0. The first kappa shape index (κ1) is 22.8. The number of halogens is 1. The average molecular weight is 522 g/mol. The molecule has 7 heteroatoms. The second kappa shape index (κ2) is 9.94. The average Bonchev–Trinajstić information content (AvgIpc) is 3.42. The number of allylic oxidation sites excluding steroid dienone is 2. The number of nitrogens with zero attached hydrogens (tertiary/aromatic N) is 2. The molecule has 0 radical (unpaired) electrons. The van der Waals surface area contributed by atoms with E-state index in [1.807, 2.05) is 0 Å². The van der Waals surface area contributed by atoms with Gasteiger partial charge in [-0.1, -0.05) is 43.3 Å². The number of aliphatic imine (C=N–C) groups is 1. The number of amides is 2. The molecular weight excluding hydrogens is 491 g/mol. The van der Waals surface area contributed by atoms with Crippen LogP contribution in [0.25, 0.3) is 0 Å². The highest BCUT2D eigenvalue weighted by molar-refractivity contribution is 14.0. The zero-order valence-corrected chi connectivity index (χ0v) is 20.0. The minimum atomic E-state index is -0.117. The molecule has 2 amide bonds. The van der Waals surface area contributed by atoms with Crippen LogP contribution in [0.5, 0.6) is 0 Å². The predicted octanol–water partition coefficient (Wildman–Crippen LogP) is 2.38. The standard InChI is InChI=1S/C23H30N4O2.HI/c1-3-15-4-6-16(7-5-15)10-11-25-23(24-2)26-12-13-27-21(28)19-17-8-9-18(14-17)20(19)22(27)29;/h4-9,17-20H,3,10-14H2,1-2H3,(H2,24,25,26);1H. The highest BCUT2D eigenvalue weighted by atomic mass is 127. The van der Waals surface area contributed by atoms with Gasteiger partial charge in [-0.25, -0.2) is 0 Å². The van der Waals surface area contributed by atoms with E-state index in [0.717, 1.165) is 25.8 Å². The molecule has 162 valence electrons. The molecule has 1 heterocycles. The van der Waals surface area contributed by atoms with Gasteiger partial charge in [0, 0.05) is 26.7 Å². The first-order chi connectivity index (χ1) is 14.1. The number of guanidine groups is 1. The van der Waals surface area contributed by atoms with Crippen molar-refractivity contribution >= 4 is 41.8 Å². The minimum Gasteiger partial charge on any atom is -0.356 e. The Morgan fingerprint density at radius 3 is 2.13 bits per heavy atom. The third kappa shape index (κ3) is 4.40. The molecule has 2 aliphatic carbocycles. The van der Waals surface area contributed by atoms with Crippen molar-refractivity contribution in [2.45, 2.75) is 26.2 Å². The van der Waals surface area contributed by atoms with Crippen molar-refractivity contribution < 1.29 is 9.59 Å². The summed E-state index contributed by atoms with van der Waals surface area (Å²) in [7, 11) is 1.73. The van der Waals surface area contributed by atoms with E-state index in [9.17, 15) is 9.59 Å². The summed E-state index contributed by atoms with van der Waals surface area (Å²) in [5, 5.41) is 6.52. The number of likely N-dealkylation sites (tertiary alicyclic amines) is 1. The Hall–Kier alpha value is -1.90. The number of carbonyl (C=O) groups is 2. The number of rotatable bonds is 7. The molecule has 4 unspecified atom stereocenters. The van der Waals surface area contributed by atoms with Crippen molar-refractivity contribution in [3.05, 3.63) is 47.5 Å². The summed E-state index contributed by atoms with van der Waals surface area (Å²) >= 11 is 0. The van der Waals surface area contributed by atoms with Crippen LogP contribution in [0.4, 0.5) is 0 Å². The number of fused-ring (bicyclic) bond motifs is 5. The van der Waals surface area contributed by atoms with Crippen LogP contribution >= 0.6 is 24.0 Å². The highest BCUT2D eigenvalue weighted by Gasteiger charge is 2.58. The molecule has 3 aliphatic rings. The number of hydrogen-bond acceptors (Lipinski definition) is 3. The zero-order valence-electron chi connectivity index (χ0n) is 17.6. The van der Waals surface area contributed by atoms with Gasteiger partial charge < -0.3 is 10.6 Å². The van der Waals surface area contributed by atoms with Crippen molar-refractivity contribution in [2.75, 3.05) is 26.7 Å². The lowest BCUT2D eigenvalue weighted by Crippen LogP contribution is -2.44. The molecule has 1 saturated carbocycles. The van der Waals surface area contributed by atoms with Crippen molar-refractivity contribution in [3.63, 3.8) is 0 Å². The van der Waals surface area contributed by atoms with E-state index in [4.69, 9.17) is 0 Å². The molecule has 2 N–H and O–H groups in total.